The Bertz CT molecular complexity index is 325. The van der Waals surface area contributed by atoms with Crippen molar-refractivity contribution in [2.45, 2.75) is 19.9 Å². The van der Waals surface area contributed by atoms with E-state index in [1.54, 1.807) is 6.20 Å². The number of hydrogen-bond acceptors (Lipinski definition) is 4. The largest absolute Gasteiger partial charge is 0.399 e. The summed E-state index contributed by atoms with van der Waals surface area (Å²) in [6, 6.07) is 3.78. The summed E-state index contributed by atoms with van der Waals surface area (Å²) >= 11 is 0. The van der Waals surface area contributed by atoms with Gasteiger partial charge in [0, 0.05) is 31.5 Å². The van der Waals surface area contributed by atoms with Crippen molar-refractivity contribution in [3.8, 4) is 0 Å². The van der Waals surface area contributed by atoms with E-state index in [9.17, 15) is 0 Å². The number of hydrogen-bond donors (Lipinski definition) is 1. The Morgan fingerprint density at radius 3 is 2.59 bits per heavy atom. The van der Waals surface area contributed by atoms with Crippen LogP contribution in [0.1, 0.15) is 19.0 Å². The Labute approximate surface area is 104 Å². The zero-order valence-corrected chi connectivity index (χ0v) is 11.2. The Morgan fingerprint density at radius 1 is 1.24 bits per heavy atom. The first kappa shape index (κ1) is 13.9. The Balaban J connectivity index is 2.53. The molecule has 96 valence electrons. The molecule has 2 N–H and O–H groups in total. The molecular weight excluding hydrogens is 212 g/mol. The molecule has 0 fully saturated rings. The van der Waals surface area contributed by atoms with Crippen LogP contribution in [-0.4, -0.2) is 48.5 Å². The van der Waals surface area contributed by atoms with E-state index in [1.807, 2.05) is 12.1 Å². The predicted octanol–water partition coefficient (Wildman–Crippen LogP) is 1.44. The number of rotatable bonds is 7. The van der Waals surface area contributed by atoms with Gasteiger partial charge in [0.1, 0.15) is 0 Å². The van der Waals surface area contributed by atoms with Crippen molar-refractivity contribution < 1.29 is 0 Å². The van der Waals surface area contributed by atoms with Gasteiger partial charge in [0.25, 0.3) is 0 Å². The van der Waals surface area contributed by atoms with E-state index < -0.39 is 0 Å². The second-order valence-corrected chi connectivity index (χ2v) is 4.66. The van der Waals surface area contributed by atoms with Gasteiger partial charge in [-0.3, -0.25) is 9.88 Å². The highest BCUT2D eigenvalue weighted by Gasteiger charge is 2.06. The first-order valence-electron chi connectivity index (χ1n) is 6.19. The monoisotopic (exact) mass is 236 g/mol. The van der Waals surface area contributed by atoms with Crippen LogP contribution in [-0.2, 0) is 6.54 Å². The van der Waals surface area contributed by atoms with Crippen molar-refractivity contribution in [2.75, 3.05) is 39.5 Å². The zero-order valence-electron chi connectivity index (χ0n) is 11.2. The number of nitrogen functional groups attached to an aromatic ring is 1. The smallest absolute Gasteiger partial charge is 0.0564 e. The molecule has 0 spiro atoms. The number of nitrogens with two attached hydrogens (primary N) is 1. The van der Waals surface area contributed by atoms with E-state index in [0.717, 1.165) is 44.0 Å². The van der Waals surface area contributed by atoms with Crippen LogP contribution in [0.15, 0.2) is 18.3 Å². The van der Waals surface area contributed by atoms with Gasteiger partial charge in [0.2, 0.25) is 0 Å². The molecule has 17 heavy (non-hydrogen) atoms. The first-order chi connectivity index (χ1) is 8.11. The number of nitrogens with zero attached hydrogens (tertiary/aromatic N) is 3. The molecular formula is C13H24N4. The van der Waals surface area contributed by atoms with Crippen molar-refractivity contribution >= 4 is 5.69 Å². The van der Waals surface area contributed by atoms with Crippen LogP contribution >= 0.6 is 0 Å². The number of aromatic nitrogens is 1. The Kier molecular flexibility index (Phi) is 5.94. The standard InChI is InChI=1S/C13H24N4/c1-4-7-17(9-8-16(2)3)11-13-10-12(14)5-6-15-13/h5-6,10H,4,7-9,11H2,1-3H3,(H2,14,15). The lowest BCUT2D eigenvalue weighted by Crippen LogP contribution is -2.32. The highest BCUT2D eigenvalue weighted by molar-refractivity contribution is 5.37. The van der Waals surface area contributed by atoms with Crippen LogP contribution < -0.4 is 5.73 Å². The molecule has 0 bridgehead atoms. The zero-order chi connectivity index (χ0) is 12.7. The fourth-order valence-electron chi connectivity index (χ4n) is 1.74. The maximum absolute atomic E-state index is 5.76. The van der Waals surface area contributed by atoms with E-state index in [4.69, 9.17) is 5.73 Å². The van der Waals surface area contributed by atoms with Crippen molar-refractivity contribution in [3.05, 3.63) is 24.0 Å². The second-order valence-electron chi connectivity index (χ2n) is 4.66. The average molecular weight is 236 g/mol. The van der Waals surface area contributed by atoms with Gasteiger partial charge in [0.15, 0.2) is 0 Å². The minimum atomic E-state index is 0.791. The molecule has 0 atom stereocenters. The second kappa shape index (κ2) is 7.25. The van der Waals surface area contributed by atoms with Crippen molar-refractivity contribution in [3.63, 3.8) is 0 Å². The minimum absolute atomic E-state index is 0.791. The number of anilines is 1. The summed E-state index contributed by atoms with van der Waals surface area (Å²) in [7, 11) is 4.20. The van der Waals surface area contributed by atoms with Crippen LogP contribution in [0, 0.1) is 0 Å². The number of pyridine rings is 1. The third kappa shape index (κ3) is 5.65. The van der Waals surface area contributed by atoms with Crippen molar-refractivity contribution in [2.24, 2.45) is 0 Å². The van der Waals surface area contributed by atoms with E-state index >= 15 is 0 Å². The molecule has 1 rings (SSSR count). The van der Waals surface area contributed by atoms with E-state index in [0.29, 0.717) is 0 Å². The van der Waals surface area contributed by atoms with Gasteiger partial charge in [0.05, 0.1) is 5.69 Å². The summed E-state index contributed by atoms with van der Waals surface area (Å²) in [6.07, 6.45) is 2.94. The Hall–Kier alpha value is -1.13. The molecule has 0 aliphatic rings. The topological polar surface area (TPSA) is 45.4 Å². The van der Waals surface area contributed by atoms with Gasteiger partial charge in [-0.2, -0.15) is 0 Å². The summed E-state index contributed by atoms with van der Waals surface area (Å²) in [5, 5.41) is 0. The predicted molar refractivity (Wildman–Crippen MR) is 72.8 cm³/mol. The molecule has 1 heterocycles. The van der Waals surface area contributed by atoms with Gasteiger partial charge in [-0.05, 0) is 39.2 Å². The van der Waals surface area contributed by atoms with Crippen LogP contribution in [0.5, 0.6) is 0 Å². The lowest BCUT2D eigenvalue weighted by molar-refractivity contribution is 0.232. The summed E-state index contributed by atoms with van der Waals surface area (Å²) in [4.78, 5) is 8.98. The molecule has 0 amide bonds. The van der Waals surface area contributed by atoms with Crippen molar-refractivity contribution in [1.82, 2.24) is 14.8 Å². The summed E-state index contributed by atoms with van der Waals surface area (Å²) in [5.74, 6) is 0. The third-order valence-electron chi connectivity index (χ3n) is 2.63. The normalized spacial score (nSPS) is 11.4. The fourth-order valence-corrected chi connectivity index (χ4v) is 1.74. The molecule has 0 saturated carbocycles. The first-order valence-corrected chi connectivity index (χ1v) is 6.19. The molecule has 1 aromatic rings. The van der Waals surface area contributed by atoms with Crippen LogP contribution in [0.3, 0.4) is 0 Å². The summed E-state index contributed by atoms with van der Waals surface area (Å²) in [5.41, 5.74) is 7.61. The number of likely N-dealkylation sites (N-methyl/N-ethyl adjacent to an activating group) is 1. The highest BCUT2D eigenvalue weighted by atomic mass is 15.2. The van der Waals surface area contributed by atoms with Crippen LogP contribution in [0.25, 0.3) is 0 Å². The molecule has 4 heteroatoms. The lowest BCUT2D eigenvalue weighted by Gasteiger charge is -2.23. The van der Waals surface area contributed by atoms with Gasteiger partial charge in [-0.15, -0.1) is 0 Å². The molecule has 0 aliphatic heterocycles. The van der Waals surface area contributed by atoms with Gasteiger partial charge >= 0.3 is 0 Å². The van der Waals surface area contributed by atoms with Crippen LogP contribution in [0.4, 0.5) is 5.69 Å². The molecule has 0 saturated heterocycles. The lowest BCUT2D eigenvalue weighted by atomic mass is 10.3. The van der Waals surface area contributed by atoms with Crippen LogP contribution in [0.2, 0.25) is 0 Å². The fraction of sp³-hybridized carbons (Fsp3) is 0.615. The maximum Gasteiger partial charge on any atom is 0.0564 e. The Morgan fingerprint density at radius 2 is 2.00 bits per heavy atom. The minimum Gasteiger partial charge on any atom is -0.399 e. The van der Waals surface area contributed by atoms with E-state index in [-0.39, 0.29) is 0 Å². The van der Waals surface area contributed by atoms with Gasteiger partial charge < -0.3 is 10.6 Å². The van der Waals surface area contributed by atoms with Crippen molar-refractivity contribution in [1.29, 1.82) is 0 Å². The summed E-state index contributed by atoms with van der Waals surface area (Å²) in [6.45, 7) is 6.33. The van der Waals surface area contributed by atoms with Gasteiger partial charge in [-0.25, -0.2) is 0 Å². The molecule has 0 aromatic carbocycles. The molecule has 4 nitrogen and oxygen atoms in total. The maximum atomic E-state index is 5.76. The van der Waals surface area contributed by atoms with Gasteiger partial charge in [-0.1, -0.05) is 6.92 Å². The quantitative estimate of drug-likeness (QED) is 0.778. The molecule has 0 unspecified atom stereocenters. The molecule has 0 aliphatic carbocycles. The van der Waals surface area contributed by atoms with E-state index in [1.165, 1.54) is 0 Å². The third-order valence-corrected chi connectivity index (χ3v) is 2.63. The molecule has 0 radical (unpaired) electrons. The molecule has 1 aromatic heterocycles. The summed E-state index contributed by atoms with van der Waals surface area (Å²) < 4.78 is 0. The average Bonchev–Trinajstić information content (AvgIpc) is 2.26. The SMILES string of the molecule is CCCN(CCN(C)C)Cc1cc(N)ccn1. The van der Waals surface area contributed by atoms with E-state index in [2.05, 4.69) is 35.8 Å². The highest BCUT2D eigenvalue weighted by Crippen LogP contribution is 2.06.